The van der Waals surface area contributed by atoms with E-state index < -0.39 is 6.29 Å². The number of alkyl halides is 2. The summed E-state index contributed by atoms with van der Waals surface area (Å²) in [5.41, 5.74) is 0.798. The molecule has 0 aliphatic carbocycles. The average molecular weight is 273 g/mol. The number of hydrogen-bond donors (Lipinski definition) is 1. The lowest BCUT2D eigenvalue weighted by atomic mass is 10.1. The predicted octanol–water partition coefficient (Wildman–Crippen LogP) is 3.32. The van der Waals surface area contributed by atoms with Crippen LogP contribution in [0.5, 0.6) is 11.5 Å². The molecule has 1 aromatic rings. The first-order chi connectivity index (χ1) is 8.62. The summed E-state index contributed by atoms with van der Waals surface area (Å²) in [5.74, 6) is 2.46. The van der Waals surface area contributed by atoms with E-state index in [1.807, 2.05) is 11.8 Å². The molecule has 1 aromatic carbocycles. The zero-order valence-corrected chi connectivity index (χ0v) is 10.4. The summed E-state index contributed by atoms with van der Waals surface area (Å²) < 4.78 is 34.5. The van der Waals surface area contributed by atoms with Crippen molar-refractivity contribution in [3.8, 4) is 11.5 Å². The molecule has 2 aliphatic heterocycles. The van der Waals surface area contributed by atoms with Gasteiger partial charge in [-0.25, -0.2) is 0 Å². The third-order valence-corrected chi connectivity index (χ3v) is 4.04. The number of thioether (sulfide) groups is 1. The van der Waals surface area contributed by atoms with Crippen LogP contribution in [-0.2, 0) is 0 Å². The molecule has 1 saturated heterocycles. The third-order valence-electron chi connectivity index (χ3n) is 2.99. The molecule has 0 aromatic heterocycles. The predicted molar refractivity (Wildman–Crippen MR) is 66.6 cm³/mol. The van der Waals surface area contributed by atoms with Gasteiger partial charge in [0.15, 0.2) is 11.5 Å². The smallest absolute Gasteiger partial charge is 0.395 e. The van der Waals surface area contributed by atoms with Gasteiger partial charge in [0.2, 0.25) is 0 Å². The maximum absolute atomic E-state index is 12.9. The minimum Gasteiger partial charge on any atom is -0.395 e. The summed E-state index contributed by atoms with van der Waals surface area (Å²) in [6, 6.07) is 5.23. The summed E-state index contributed by atoms with van der Waals surface area (Å²) in [5, 5.41) is 3.34. The zero-order chi connectivity index (χ0) is 12.6. The molecule has 2 aliphatic rings. The first-order valence-corrected chi connectivity index (χ1v) is 7.02. The monoisotopic (exact) mass is 273 g/mol. The second-order valence-corrected chi connectivity index (χ2v) is 5.58. The largest absolute Gasteiger partial charge is 0.586 e. The molecule has 18 heavy (non-hydrogen) atoms. The number of anilines is 1. The molecule has 0 unspecified atom stereocenters. The fourth-order valence-electron chi connectivity index (χ4n) is 2.12. The van der Waals surface area contributed by atoms with Crippen LogP contribution < -0.4 is 14.8 Å². The van der Waals surface area contributed by atoms with Crippen molar-refractivity contribution >= 4 is 17.4 Å². The van der Waals surface area contributed by atoms with Gasteiger partial charge >= 0.3 is 6.29 Å². The number of hydrogen-bond acceptors (Lipinski definition) is 4. The molecular formula is C12H13F2NO2S. The van der Waals surface area contributed by atoms with Crippen molar-refractivity contribution in [3.63, 3.8) is 0 Å². The molecule has 0 bridgehead atoms. The topological polar surface area (TPSA) is 30.5 Å². The number of fused-ring (bicyclic) bond motifs is 1. The lowest BCUT2D eigenvalue weighted by Gasteiger charge is -2.23. The summed E-state index contributed by atoms with van der Waals surface area (Å²) in [4.78, 5) is 0. The number of nitrogens with one attached hydrogen (secondary N) is 1. The zero-order valence-electron chi connectivity index (χ0n) is 9.62. The Morgan fingerprint density at radius 3 is 2.67 bits per heavy atom. The standard InChI is InChI=1S/C12H13F2NO2S/c13-12(14)16-10-2-1-9(7-11(10)17-12)15-8-3-5-18-6-4-8/h1-2,7-8,15H,3-6H2. The molecule has 2 heterocycles. The van der Waals surface area contributed by atoms with Crippen LogP contribution >= 0.6 is 11.8 Å². The highest BCUT2D eigenvalue weighted by Crippen LogP contribution is 2.42. The normalized spacial score (nSPS) is 21.9. The lowest BCUT2D eigenvalue weighted by molar-refractivity contribution is -0.286. The molecule has 0 spiro atoms. The van der Waals surface area contributed by atoms with Crippen LogP contribution in [0.2, 0.25) is 0 Å². The van der Waals surface area contributed by atoms with Gasteiger partial charge in [0.1, 0.15) is 0 Å². The highest BCUT2D eigenvalue weighted by atomic mass is 32.2. The molecule has 1 N–H and O–H groups in total. The highest BCUT2D eigenvalue weighted by molar-refractivity contribution is 7.99. The van der Waals surface area contributed by atoms with Gasteiger partial charge in [0.25, 0.3) is 0 Å². The Bertz CT molecular complexity index is 450. The van der Waals surface area contributed by atoms with Crippen molar-refractivity contribution in [2.24, 2.45) is 0 Å². The average Bonchev–Trinajstić information content (AvgIpc) is 2.63. The van der Waals surface area contributed by atoms with Crippen LogP contribution in [-0.4, -0.2) is 23.8 Å². The van der Waals surface area contributed by atoms with E-state index in [2.05, 4.69) is 14.8 Å². The molecule has 1 fully saturated rings. The maximum Gasteiger partial charge on any atom is 0.586 e. The van der Waals surface area contributed by atoms with Gasteiger partial charge in [-0.3, -0.25) is 0 Å². The first kappa shape index (κ1) is 11.9. The number of benzene rings is 1. The SMILES string of the molecule is FC1(F)Oc2ccc(NC3CCSCC3)cc2O1. The van der Waals surface area contributed by atoms with Crippen molar-refractivity contribution in [2.45, 2.75) is 25.2 Å². The summed E-state index contributed by atoms with van der Waals surface area (Å²) in [7, 11) is 0. The van der Waals surface area contributed by atoms with Crippen molar-refractivity contribution < 1.29 is 18.3 Å². The highest BCUT2D eigenvalue weighted by Gasteiger charge is 2.43. The Hall–Kier alpha value is -1.17. The van der Waals surface area contributed by atoms with E-state index in [-0.39, 0.29) is 11.5 Å². The van der Waals surface area contributed by atoms with Gasteiger partial charge < -0.3 is 14.8 Å². The Labute approximate surface area is 108 Å². The van der Waals surface area contributed by atoms with Gasteiger partial charge in [-0.15, -0.1) is 8.78 Å². The van der Waals surface area contributed by atoms with Crippen LogP contribution in [0.25, 0.3) is 0 Å². The van der Waals surface area contributed by atoms with E-state index in [1.165, 1.54) is 6.07 Å². The number of halogens is 2. The van der Waals surface area contributed by atoms with Gasteiger partial charge in [0, 0.05) is 17.8 Å². The van der Waals surface area contributed by atoms with Crippen molar-refractivity contribution in [2.75, 3.05) is 16.8 Å². The molecule has 98 valence electrons. The van der Waals surface area contributed by atoms with Crippen LogP contribution in [0.4, 0.5) is 14.5 Å². The van der Waals surface area contributed by atoms with E-state index in [1.54, 1.807) is 12.1 Å². The van der Waals surface area contributed by atoms with E-state index in [4.69, 9.17) is 0 Å². The Morgan fingerprint density at radius 1 is 1.17 bits per heavy atom. The maximum atomic E-state index is 12.9. The van der Waals surface area contributed by atoms with E-state index >= 15 is 0 Å². The van der Waals surface area contributed by atoms with E-state index in [9.17, 15) is 8.78 Å². The Morgan fingerprint density at radius 2 is 1.89 bits per heavy atom. The van der Waals surface area contributed by atoms with Gasteiger partial charge in [-0.2, -0.15) is 11.8 Å². The van der Waals surface area contributed by atoms with Gasteiger partial charge in [0.05, 0.1) is 0 Å². The first-order valence-electron chi connectivity index (χ1n) is 5.87. The van der Waals surface area contributed by atoms with Gasteiger partial charge in [-0.05, 0) is 36.5 Å². The fourth-order valence-corrected chi connectivity index (χ4v) is 3.22. The van der Waals surface area contributed by atoms with Crippen LogP contribution in [0.3, 0.4) is 0 Å². The number of ether oxygens (including phenoxy) is 2. The van der Waals surface area contributed by atoms with E-state index in [0.29, 0.717) is 6.04 Å². The summed E-state index contributed by atoms with van der Waals surface area (Å²) in [6.45, 7) is 0. The fraction of sp³-hybridized carbons (Fsp3) is 0.500. The second kappa shape index (κ2) is 4.50. The Kier molecular flexibility index (Phi) is 2.97. The second-order valence-electron chi connectivity index (χ2n) is 4.36. The van der Waals surface area contributed by atoms with Crippen LogP contribution in [0.1, 0.15) is 12.8 Å². The molecule has 6 heteroatoms. The third kappa shape index (κ3) is 2.48. The minimum atomic E-state index is -3.54. The van der Waals surface area contributed by atoms with Crippen molar-refractivity contribution in [3.05, 3.63) is 18.2 Å². The molecule has 3 rings (SSSR count). The molecule has 3 nitrogen and oxygen atoms in total. The van der Waals surface area contributed by atoms with Crippen molar-refractivity contribution in [1.82, 2.24) is 0 Å². The molecular weight excluding hydrogens is 260 g/mol. The van der Waals surface area contributed by atoms with Crippen LogP contribution in [0, 0.1) is 0 Å². The molecule has 0 saturated carbocycles. The Balaban J connectivity index is 1.71. The summed E-state index contributed by atoms with van der Waals surface area (Å²) in [6.07, 6.45) is -1.35. The molecule has 0 atom stereocenters. The van der Waals surface area contributed by atoms with E-state index in [0.717, 1.165) is 30.0 Å². The minimum absolute atomic E-state index is 0.0877. The number of rotatable bonds is 2. The molecule has 0 radical (unpaired) electrons. The summed E-state index contributed by atoms with van der Waals surface area (Å²) >= 11 is 1.95. The van der Waals surface area contributed by atoms with Crippen LogP contribution in [0.15, 0.2) is 18.2 Å². The van der Waals surface area contributed by atoms with Crippen molar-refractivity contribution in [1.29, 1.82) is 0 Å². The lowest BCUT2D eigenvalue weighted by Crippen LogP contribution is -2.26. The quantitative estimate of drug-likeness (QED) is 0.895. The molecule has 0 amide bonds. The van der Waals surface area contributed by atoms with Gasteiger partial charge in [-0.1, -0.05) is 0 Å².